The molecule has 2 aromatic heterocycles. The molecule has 26 heavy (non-hydrogen) atoms. The second kappa shape index (κ2) is 6.48. The minimum Gasteiger partial charge on any atom is -0.394 e. The molecule has 1 fully saturated rings. The number of hydrogen-bond donors (Lipinski definition) is 3. The molecule has 0 amide bonds. The van der Waals surface area contributed by atoms with E-state index in [2.05, 4.69) is 9.97 Å². The van der Waals surface area contributed by atoms with Crippen LogP contribution in [-0.4, -0.2) is 43.6 Å². The lowest BCUT2D eigenvalue weighted by atomic mass is 10.1. The number of halogens is 2. The van der Waals surface area contributed by atoms with Crippen molar-refractivity contribution in [3.05, 3.63) is 41.6 Å². The lowest BCUT2D eigenvalue weighted by molar-refractivity contribution is -0.0483. The first-order valence-electron chi connectivity index (χ1n) is 8.00. The van der Waals surface area contributed by atoms with Crippen LogP contribution in [-0.2, 0) is 4.74 Å². The van der Waals surface area contributed by atoms with Crippen molar-refractivity contribution in [2.45, 2.75) is 24.9 Å². The van der Waals surface area contributed by atoms with Crippen molar-refractivity contribution >= 4 is 28.5 Å². The molecular weight excluding hydrogens is 363 g/mol. The molecule has 136 valence electrons. The van der Waals surface area contributed by atoms with Gasteiger partial charge in [-0.3, -0.25) is 0 Å². The predicted molar refractivity (Wildman–Crippen MR) is 94.0 cm³/mol. The minimum absolute atomic E-state index is 0.0158. The van der Waals surface area contributed by atoms with Crippen LogP contribution in [0.4, 0.5) is 10.2 Å². The van der Waals surface area contributed by atoms with Gasteiger partial charge < -0.3 is 25.3 Å². The molecule has 0 bridgehead atoms. The van der Waals surface area contributed by atoms with Gasteiger partial charge in [0, 0.05) is 18.2 Å². The number of aromatic nitrogens is 3. The van der Waals surface area contributed by atoms with E-state index >= 15 is 0 Å². The molecule has 4 N–H and O–H groups in total. The summed E-state index contributed by atoms with van der Waals surface area (Å²) in [4.78, 5) is 8.27. The summed E-state index contributed by atoms with van der Waals surface area (Å²) in [5, 5.41) is 20.2. The van der Waals surface area contributed by atoms with Crippen LogP contribution in [0.15, 0.2) is 30.7 Å². The Morgan fingerprint density at radius 2 is 2.19 bits per heavy atom. The van der Waals surface area contributed by atoms with Gasteiger partial charge in [-0.2, -0.15) is 0 Å². The normalized spacial score (nSPS) is 23.0. The Morgan fingerprint density at radius 1 is 1.38 bits per heavy atom. The summed E-state index contributed by atoms with van der Waals surface area (Å²) in [6, 6.07) is 4.42. The highest BCUT2D eigenvalue weighted by atomic mass is 35.5. The molecule has 7 nitrogen and oxygen atoms in total. The number of rotatable bonds is 3. The maximum absolute atomic E-state index is 13.9. The maximum atomic E-state index is 13.9. The van der Waals surface area contributed by atoms with Crippen molar-refractivity contribution in [2.24, 2.45) is 0 Å². The first kappa shape index (κ1) is 17.2. The fraction of sp³-hybridized carbons (Fsp3) is 0.294. The number of aliphatic hydroxyl groups excluding tert-OH is 2. The quantitative estimate of drug-likeness (QED) is 0.644. The van der Waals surface area contributed by atoms with Crippen molar-refractivity contribution in [3.63, 3.8) is 0 Å². The third-order valence-electron chi connectivity index (χ3n) is 4.51. The van der Waals surface area contributed by atoms with Gasteiger partial charge >= 0.3 is 0 Å². The van der Waals surface area contributed by atoms with Crippen LogP contribution < -0.4 is 5.73 Å². The van der Waals surface area contributed by atoms with Crippen LogP contribution >= 0.6 is 11.6 Å². The minimum atomic E-state index is -0.825. The summed E-state index contributed by atoms with van der Waals surface area (Å²) in [5.74, 6) is -0.330. The Balaban J connectivity index is 1.91. The summed E-state index contributed by atoms with van der Waals surface area (Å²) in [6.07, 6.45) is 1.26. The van der Waals surface area contributed by atoms with Crippen molar-refractivity contribution in [1.82, 2.24) is 14.5 Å². The molecule has 0 saturated carbocycles. The smallest absolute Gasteiger partial charge is 0.161 e. The number of ether oxygens (including phenoxy) is 1. The molecule has 0 aliphatic carbocycles. The van der Waals surface area contributed by atoms with Gasteiger partial charge in [-0.15, -0.1) is 0 Å². The number of nitrogens with zero attached hydrogens (tertiary/aromatic N) is 3. The van der Waals surface area contributed by atoms with E-state index < -0.39 is 24.3 Å². The van der Waals surface area contributed by atoms with Gasteiger partial charge in [-0.1, -0.05) is 17.7 Å². The molecule has 1 aromatic carbocycles. The Labute approximate surface area is 152 Å². The van der Waals surface area contributed by atoms with E-state index in [1.165, 1.54) is 18.5 Å². The molecule has 3 heterocycles. The first-order chi connectivity index (χ1) is 12.5. The van der Waals surface area contributed by atoms with E-state index in [0.29, 0.717) is 28.6 Å². The van der Waals surface area contributed by atoms with Crippen molar-refractivity contribution < 1.29 is 19.3 Å². The highest BCUT2D eigenvalue weighted by Crippen LogP contribution is 2.38. The summed E-state index contributed by atoms with van der Waals surface area (Å²) >= 11 is 5.77. The lowest BCUT2D eigenvalue weighted by Gasteiger charge is -2.17. The predicted octanol–water partition coefficient (Wildman–Crippen LogP) is 2.11. The molecule has 0 unspecified atom stereocenters. The molecule has 3 atom stereocenters. The van der Waals surface area contributed by atoms with Crippen molar-refractivity contribution in [2.75, 3.05) is 12.3 Å². The molecule has 3 aromatic rings. The molecular formula is C17H16ClFN4O3. The van der Waals surface area contributed by atoms with E-state index in [9.17, 15) is 14.6 Å². The van der Waals surface area contributed by atoms with Crippen molar-refractivity contribution in [1.29, 1.82) is 0 Å². The number of fused-ring (bicyclic) bond motifs is 1. The first-order valence-corrected chi connectivity index (χ1v) is 8.38. The molecule has 0 radical (unpaired) electrons. The number of anilines is 1. The van der Waals surface area contributed by atoms with Crippen molar-refractivity contribution in [3.8, 4) is 11.1 Å². The van der Waals surface area contributed by atoms with E-state index in [1.807, 2.05) is 0 Å². The second-order valence-electron chi connectivity index (χ2n) is 6.17. The maximum Gasteiger partial charge on any atom is 0.161 e. The lowest BCUT2D eigenvalue weighted by Crippen LogP contribution is -2.19. The number of aliphatic hydroxyl groups is 2. The van der Waals surface area contributed by atoms with E-state index in [-0.39, 0.29) is 17.4 Å². The van der Waals surface area contributed by atoms with Gasteiger partial charge in [0.2, 0.25) is 0 Å². The van der Waals surface area contributed by atoms with Gasteiger partial charge in [-0.25, -0.2) is 14.4 Å². The number of hydrogen-bond acceptors (Lipinski definition) is 6. The van der Waals surface area contributed by atoms with Gasteiger partial charge in [0.1, 0.15) is 29.7 Å². The SMILES string of the molecule is Nc1ncnc2c1c(-c1ccc(Cl)c(F)c1)cn2[C@@H]1O[C@H](CO)C[C@H]1O. The fourth-order valence-corrected chi connectivity index (χ4v) is 3.40. The molecule has 9 heteroatoms. The summed E-state index contributed by atoms with van der Waals surface area (Å²) in [7, 11) is 0. The number of nitrogens with two attached hydrogens (primary N) is 1. The summed E-state index contributed by atoms with van der Waals surface area (Å²) in [6.45, 7) is -0.195. The second-order valence-corrected chi connectivity index (χ2v) is 6.58. The van der Waals surface area contributed by atoms with Crippen LogP contribution in [0.25, 0.3) is 22.2 Å². The van der Waals surface area contributed by atoms with Crippen LogP contribution in [0.3, 0.4) is 0 Å². The van der Waals surface area contributed by atoms with E-state index in [1.54, 1.807) is 16.8 Å². The molecule has 0 spiro atoms. The van der Waals surface area contributed by atoms with Crippen LogP contribution in [0.1, 0.15) is 12.6 Å². The van der Waals surface area contributed by atoms with Gasteiger partial charge in [0.05, 0.1) is 23.1 Å². The van der Waals surface area contributed by atoms with Gasteiger partial charge in [0.15, 0.2) is 6.23 Å². The number of benzene rings is 1. The molecule has 4 rings (SSSR count). The van der Waals surface area contributed by atoms with E-state index in [4.69, 9.17) is 22.1 Å². The largest absolute Gasteiger partial charge is 0.394 e. The Hall–Kier alpha value is -2.26. The zero-order chi connectivity index (χ0) is 18.4. The Morgan fingerprint density at radius 3 is 2.88 bits per heavy atom. The fourth-order valence-electron chi connectivity index (χ4n) is 3.28. The third-order valence-corrected chi connectivity index (χ3v) is 4.82. The van der Waals surface area contributed by atoms with Crippen LogP contribution in [0.2, 0.25) is 5.02 Å². The third kappa shape index (κ3) is 2.71. The molecule has 1 aliphatic heterocycles. The molecule has 1 aliphatic rings. The van der Waals surface area contributed by atoms with Crippen LogP contribution in [0.5, 0.6) is 0 Å². The standard InChI is InChI=1S/C17H16ClFN4O3/c18-11-2-1-8(3-12(11)19)10-5-23(16-14(10)15(20)21-7-22-16)17-13(25)4-9(6-24)26-17/h1-3,5,7,9,13,17,24-25H,4,6H2,(H2,20,21,22)/t9-,13+,17+/m0/s1. The van der Waals surface area contributed by atoms with E-state index in [0.717, 1.165) is 0 Å². The average molecular weight is 379 g/mol. The highest BCUT2D eigenvalue weighted by molar-refractivity contribution is 6.30. The van der Waals surface area contributed by atoms with Gasteiger partial charge in [-0.05, 0) is 17.7 Å². The zero-order valence-electron chi connectivity index (χ0n) is 13.5. The Bertz CT molecular complexity index is 980. The average Bonchev–Trinajstić information content (AvgIpc) is 3.18. The number of nitrogen functional groups attached to an aromatic ring is 1. The van der Waals surface area contributed by atoms with Gasteiger partial charge in [0.25, 0.3) is 0 Å². The van der Waals surface area contributed by atoms with Crippen LogP contribution in [0, 0.1) is 5.82 Å². The molecule has 1 saturated heterocycles. The topological polar surface area (TPSA) is 106 Å². The monoisotopic (exact) mass is 378 g/mol. The summed E-state index contributed by atoms with van der Waals surface area (Å²) < 4.78 is 21.3. The Kier molecular flexibility index (Phi) is 4.28. The summed E-state index contributed by atoms with van der Waals surface area (Å²) in [5.41, 5.74) is 7.62. The highest BCUT2D eigenvalue weighted by Gasteiger charge is 2.36. The zero-order valence-corrected chi connectivity index (χ0v) is 14.3.